The number of aryl methyl sites for hydroxylation is 1. The lowest BCUT2D eigenvalue weighted by atomic mass is 9.91. The van der Waals surface area contributed by atoms with Crippen molar-refractivity contribution in [3.8, 4) is 0 Å². The topological polar surface area (TPSA) is 79.3 Å². The van der Waals surface area contributed by atoms with Crippen molar-refractivity contribution in [3.05, 3.63) is 23.9 Å². The van der Waals surface area contributed by atoms with E-state index in [0.29, 0.717) is 24.8 Å². The van der Waals surface area contributed by atoms with Gasteiger partial charge in [0, 0.05) is 56.0 Å². The molecule has 2 aliphatic heterocycles. The van der Waals surface area contributed by atoms with E-state index >= 15 is 0 Å². The molecule has 2 amide bonds. The molecule has 27 heavy (non-hydrogen) atoms. The van der Waals surface area contributed by atoms with Crippen LogP contribution in [0, 0.1) is 5.92 Å². The molecule has 3 heterocycles. The highest BCUT2D eigenvalue weighted by atomic mass is 16.2. The summed E-state index contributed by atoms with van der Waals surface area (Å²) in [6, 6.07) is 7.00. The van der Waals surface area contributed by atoms with E-state index in [4.69, 9.17) is 0 Å². The van der Waals surface area contributed by atoms with Crippen LogP contribution in [0.4, 0.5) is 5.69 Å². The van der Waals surface area contributed by atoms with Gasteiger partial charge in [-0.05, 0) is 37.6 Å². The number of anilines is 1. The van der Waals surface area contributed by atoms with Crippen molar-refractivity contribution in [1.82, 2.24) is 20.4 Å². The molecule has 0 aliphatic carbocycles. The van der Waals surface area contributed by atoms with Gasteiger partial charge in [0.15, 0.2) is 0 Å². The normalized spacial score (nSPS) is 24.5. The van der Waals surface area contributed by atoms with Crippen molar-refractivity contribution in [2.24, 2.45) is 13.0 Å². The second-order valence-electron chi connectivity index (χ2n) is 7.89. The lowest BCUT2D eigenvalue weighted by Crippen LogP contribution is -2.47. The second kappa shape index (κ2) is 6.96. The molecular weight excluding hydrogens is 342 g/mol. The Morgan fingerprint density at radius 3 is 2.63 bits per heavy atom. The van der Waals surface area contributed by atoms with Crippen LogP contribution in [0.5, 0.6) is 0 Å². The number of aromatic nitrogens is 2. The van der Waals surface area contributed by atoms with E-state index in [9.17, 15) is 9.59 Å². The van der Waals surface area contributed by atoms with Gasteiger partial charge in [0.1, 0.15) is 0 Å². The van der Waals surface area contributed by atoms with Crippen LogP contribution in [-0.2, 0) is 16.6 Å². The molecule has 2 aromatic rings. The van der Waals surface area contributed by atoms with Gasteiger partial charge in [0.25, 0.3) is 0 Å². The van der Waals surface area contributed by atoms with Crippen LogP contribution >= 0.6 is 0 Å². The van der Waals surface area contributed by atoms with Crippen LogP contribution in [0.1, 0.15) is 37.8 Å². The SMILES string of the molecule is CN[C@@H]1CCN(c2ccc3c(C4CC(=O)NC(=O)C4)nn(C)c3c2)C[C@H]1C. The zero-order valence-corrected chi connectivity index (χ0v) is 16.2. The first-order valence-electron chi connectivity index (χ1n) is 9.67. The van der Waals surface area contributed by atoms with E-state index in [-0.39, 0.29) is 17.7 Å². The number of nitrogens with one attached hydrogen (secondary N) is 2. The molecule has 0 unspecified atom stereocenters. The first kappa shape index (κ1) is 18.0. The van der Waals surface area contributed by atoms with E-state index in [2.05, 4.69) is 45.8 Å². The standard InChI is InChI=1S/C20H27N5O2/c1-12-11-25(7-6-16(12)21-2)14-4-5-15-17(10-14)24(3)23-20(15)13-8-18(26)22-19(27)9-13/h4-5,10,12-13,16,21H,6-9,11H2,1-3H3,(H,22,26,27)/t12-,16-/m1/s1. The molecule has 2 atom stereocenters. The minimum absolute atomic E-state index is 0.146. The summed E-state index contributed by atoms with van der Waals surface area (Å²) < 4.78 is 1.87. The molecule has 0 saturated carbocycles. The summed E-state index contributed by atoms with van der Waals surface area (Å²) in [6.07, 6.45) is 1.76. The van der Waals surface area contributed by atoms with Crippen molar-refractivity contribution >= 4 is 28.4 Å². The largest absolute Gasteiger partial charge is 0.371 e. The number of fused-ring (bicyclic) bond motifs is 1. The smallest absolute Gasteiger partial charge is 0.227 e. The Morgan fingerprint density at radius 2 is 1.96 bits per heavy atom. The average molecular weight is 369 g/mol. The van der Waals surface area contributed by atoms with Crippen LogP contribution in [0.15, 0.2) is 18.2 Å². The Hall–Kier alpha value is -2.41. The zero-order chi connectivity index (χ0) is 19.1. The number of carbonyl (C=O) groups excluding carboxylic acids is 2. The summed E-state index contributed by atoms with van der Waals surface area (Å²) in [5.74, 6) is 0.0154. The number of amides is 2. The predicted molar refractivity (Wildman–Crippen MR) is 105 cm³/mol. The van der Waals surface area contributed by atoms with E-state index < -0.39 is 0 Å². The number of rotatable bonds is 3. The molecule has 0 bridgehead atoms. The molecule has 2 N–H and O–H groups in total. The monoisotopic (exact) mass is 369 g/mol. The van der Waals surface area contributed by atoms with Gasteiger partial charge in [-0.25, -0.2) is 0 Å². The molecular formula is C20H27N5O2. The van der Waals surface area contributed by atoms with E-state index in [1.54, 1.807) is 0 Å². The Labute approximate surface area is 159 Å². The van der Waals surface area contributed by atoms with Crippen molar-refractivity contribution < 1.29 is 9.59 Å². The Kier molecular flexibility index (Phi) is 4.63. The van der Waals surface area contributed by atoms with Gasteiger partial charge in [0.2, 0.25) is 11.8 Å². The van der Waals surface area contributed by atoms with Crippen LogP contribution in [0.2, 0.25) is 0 Å². The highest BCUT2D eigenvalue weighted by Crippen LogP contribution is 2.34. The first-order chi connectivity index (χ1) is 13.0. The number of hydrogen-bond donors (Lipinski definition) is 2. The first-order valence-corrected chi connectivity index (χ1v) is 9.67. The van der Waals surface area contributed by atoms with E-state index in [0.717, 1.165) is 36.1 Å². The van der Waals surface area contributed by atoms with Gasteiger partial charge in [-0.15, -0.1) is 0 Å². The summed E-state index contributed by atoms with van der Waals surface area (Å²) in [6.45, 7) is 4.35. The fraction of sp³-hybridized carbons (Fsp3) is 0.550. The number of imide groups is 1. The molecule has 7 heteroatoms. The third-order valence-electron chi connectivity index (χ3n) is 6.03. The minimum Gasteiger partial charge on any atom is -0.371 e. The Morgan fingerprint density at radius 1 is 1.22 bits per heavy atom. The molecule has 0 spiro atoms. The summed E-state index contributed by atoms with van der Waals surface area (Å²) in [5.41, 5.74) is 3.10. The third kappa shape index (κ3) is 3.32. The highest BCUT2D eigenvalue weighted by Gasteiger charge is 2.30. The zero-order valence-electron chi connectivity index (χ0n) is 16.2. The maximum absolute atomic E-state index is 11.8. The molecule has 144 valence electrons. The van der Waals surface area contributed by atoms with Crippen LogP contribution in [-0.4, -0.2) is 47.8 Å². The van der Waals surface area contributed by atoms with Crippen molar-refractivity contribution in [3.63, 3.8) is 0 Å². The van der Waals surface area contributed by atoms with Crippen LogP contribution in [0.25, 0.3) is 10.9 Å². The van der Waals surface area contributed by atoms with Crippen molar-refractivity contribution in [2.75, 3.05) is 25.0 Å². The lowest BCUT2D eigenvalue weighted by Gasteiger charge is -2.38. The molecule has 2 fully saturated rings. The van der Waals surface area contributed by atoms with Crippen LogP contribution < -0.4 is 15.5 Å². The van der Waals surface area contributed by atoms with Crippen LogP contribution in [0.3, 0.4) is 0 Å². The minimum atomic E-state index is -0.215. The van der Waals surface area contributed by atoms with Gasteiger partial charge in [-0.1, -0.05) is 6.92 Å². The van der Waals surface area contributed by atoms with Gasteiger partial charge >= 0.3 is 0 Å². The summed E-state index contributed by atoms with van der Waals surface area (Å²) in [5, 5.41) is 11.5. The molecule has 4 rings (SSSR count). The fourth-order valence-electron chi connectivity index (χ4n) is 4.55. The summed E-state index contributed by atoms with van der Waals surface area (Å²) in [4.78, 5) is 26.0. The third-order valence-corrected chi connectivity index (χ3v) is 6.03. The average Bonchev–Trinajstić information content (AvgIpc) is 2.97. The number of nitrogens with zero attached hydrogens (tertiary/aromatic N) is 3. The predicted octanol–water partition coefficient (Wildman–Crippen LogP) is 1.53. The molecule has 2 saturated heterocycles. The lowest BCUT2D eigenvalue weighted by molar-refractivity contribution is -0.133. The van der Waals surface area contributed by atoms with Gasteiger partial charge in [0.05, 0.1) is 11.2 Å². The van der Waals surface area contributed by atoms with Gasteiger partial charge in [-0.3, -0.25) is 19.6 Å². The van der Waals surface area contributed by atoms with Crippen molar-refractivity contribution in [1.29, 1.82) is 0 Å². The summed E-state index contributed by atoms with van der Waals surface area (Å²) >= 11 is 0. The highest BCUT2D eigenvalue weighted by molar-refractivity contribution is 5.99. The van der Waals surface area contributed by atoms with Crippen molar-refractivity contribution in [2.45, 2.75) is 38.1 Å². The van der Waals surface area contributed by atoms with E-state index in [1.165, 1.54) is 5.69 Å². The molecule has 2 aliphatic rings. The fourth-order valence-corrected chi connectivity index (χ4v) is 4.55. The maximum atomic E-state index is 11.8. The maximum Gasteiger partial charge on any atom is 0.227 e. The Balaban J connectivity index is 1.63. The number of hydrogen-bond acceptors (Lipinski definition) is 5. The molecule has 7 nitrogen and oxygen atoms in total. The Bertz CT molecular complexity index is 874. The number of benzene rings is 1. The number of carbonyl (C=O) groups is 2. The molecule has 1 aromatic heterocycles. The number of piperidine rings is 2. The van der Waals surface area contributed by atoms with Gasteiger partial charge < -0.3 is 10.2 Å². The molecule has 0 radical (unpaired) electrons. The quantitative estimate of drug-likeness (QED) is 0.802. The second-order valence-corrected chi connectivity index (χ2v) is 7.89. The molecule has 1 aromatic carbocycles. The summed E-state index contributed by atoms with van der Waals surface area (Å²) in [7, 11) is 3.96. The van der Waals surface area contributed by atoms with Gasteiger partial charge in [-0.2, -0.15) is 5.10 Å². The van der Waals surface area contributed by atoms with E-state index in [1.807, 2.05) is 18.8 Å².